The topological polar surface area (TPSA) is 72.7 Å². The van der Waals surface area contributed by atoms with E-state index in [-0.39, 0.29) is 0 Å². The predicted octanol–water partition coefficient (Wildman–Crippen LogP) is 3.51. The van der Waals surface area contributed by atoms with Crippen LogP contribution >= 0.6 is 11.8 Å². The third-order valence-corrected chi connectivity index (χ3v) is 4.76. The van der Waals surface area contributed by atoms with Gasteiger partial charge in [-0.3, -0.25) is 4.79 Å². The average molecular weight is 393 g/mol. The number of hydrogen-bond donors (Lipinski definition) is 1. The van der Waals surface area contributed by atoms with Gasteiger partial charge in [0, 0.05) is 0 Å². The Hall–Kier alpha value is -2.88. The number of aryl methyl sites for hydroxylation is 1. The summed E-state index contributed by atoms with van der Waals surface area (Å²) in [5.41, 5.74) is 1.25. The Morgan fingerprint density at radius 2 is 1.89 bits per heavy atom. The zero-order valence-electron chi connectivity index (χ0n) is 14.3. The molecule has 0 aliphatic heterocycles. The fourth-order valence-electron chi connectivity index (χ4n) is 2.27. The molecule has 1 atom stereocenters. The first kappa shape index (κ1) is 18.9. The van der Waals surface area contributed by atoms with Crippen LogP contribution in [0.25, 0.3) is 5.69 Å². The van der Waals surface area contributed by atoms with Crippen molar-refractivity contribution in [2.75, 3.05) is 5.32 Å². The molecule has 140 valence electrons. The number of para-hydroxylation sites is 1. The van der Waals surface area contributed by atoms with E-state index in [4.69, 9.17) is 0 Å². The van der Waals surface area contributed by atoms with Crippen molar-refractivity contribution < 1.29 is 18.0 Å². The molecule has 0 aliphatic carbocycles. The first-order valence-corrected chi connectivity index (χ1v) is 8.72. The van der Waals surface area contributed by atoms with Crippen molar-refractivity contribution in [1.29, 1.82) is 0 Å². The van der Waals surface area contributed by atoms with Crippen LogP contribution in [-0.2, 0) is 4.79 Å². The SMILES string of the molecule is Cc1ccccc1-n1nnnc1SC(C)C(=O)Nc1ccc(F)c(F)c1F. The fourth-order valence-corrected chi connectivity index (χ4v) is 3.07. The molecule has 1 amide bonds. The van der Waals surface area contributed by atoms with E-state index in [0.29, 0.717) is 5.16 Å². The zero-order valence-corrected chi connectivity index (χ0v) is 15.1. The summed E-state index contributed by atoms with van der Waals surface area (Å²) >= 11 is 1.05. The van der Waals surface area contributed by atoms with Gasteiger partial charge in [0.2, 0.25) is 11.1 Å². The average Bonchev–Trinajstić information content (AvgIpc) is 3.10. The minimum atomic E-state index is -1.64. The second-order valence-corrected chi connectivity index (χ2v) is 6.94. The predicted molar refractivity (Wildman–Crippen MR) is 94.2 cm³/mol. The number of benzene rings is 2. The molecule has 6 nitrogen and oxygen atoms in total. The Morgan fingerprint density at radius 1 is 1.15 bits per heavy atom. The zero-order chi connectivity index (χ0) is 19.6. The summed E-state index contributed by atoms with van der Waals surface area (Å²) in [6, 6.07) is 9.14. The van der Waals surface area contributed by atoms with E-state index >= 15 is 0 Å². The molecule has 1 N–H and O–H groups in total. The summed E-state index contributed by atoms with van der Waals surface area (Å²) in [4.78, 5) is 12.3. The highest BCUT2D eigenvalue weighted by Gasteiger charge is 2.22. The highest BCUT2D eigenvalue weighted by Crippen LogP contribution is 2.26. The summed E-state index contributed by atoms with van der Waals surface area (Å²) < 4.78 is 41.5. The lowest BCUT2D eigenvalue weighted by atomic mass is 10.2. The van der Waals surface area contributed by atoms with E-state index in [1.807, 2.05) is 31.2 Å². The van der Waals surface area contributed by atoms with Crippen molar-refractivity contribution in [3.8, 4) is 5.69 Å². The molecule has 1 aromatic heterocycles. The first-order valence-electron chi connectivity index (χ1n) is 7.84. The molecule has 3 rings (SSSR count). The molecule has 10 heteroatoms. The van der Waals surface area contributed by atoms with E-state index in [1.165, 1.54) is 4.68 Å². The van der Waals surface area contributed by atoms with Crippen LogP contribution in [0.5, 0.6) is 0 Å². The number of carbonyl (C=O) groups excluding carboxylic acids is 1. The molecule has 0 aliphatic rings. The van der Waals surface area contributed by atoms with Gasteiger partial charge < -0.3 is 5.32 Å². The number of halogens is 3. The summed E-state index contributed by atoms with van der Waals surface area (Å²) in [6.07, 6.45) is 0. The second kappa shape index (κ2) is 7.78. The molecule has 0 spiro atoms. The summed E-state index contributed by atoms with van der Waals surface area (Å²) in [7, 11) is 0. The van der Waals surface area contributed by atoms with Crippen molar-refractivity contribution in [2.24, 2.45) is 0 Å². The molecule has 1 unspecified atom stereocenters. The Kier molecular flexibility index (Phi) is 5.45. The maximum atomic E-state index is 13.7. The van der Waals surface area contributed by atoms with Crippen LogP contribution in [0.3, 0.4) is 0 Å². The second-order valence-electron chi connectivity index (χ2n) is 5.63. The molecule has 0 fully saturated rings. The van der Waals surface area contributed by atoms with Crippen LogP contribution in [0.15, 0.2) is 41.6 Å². The van der Waals surface area contributed by atoms with E-state index in [2.05, 4.69) is 20.8 Å². The fraction of sp³-hybridized carbons (Fsp3) is 0.176. The summed E-state index contributed by atoms with van der Waals surface area (Å²) in [5.74, 6) is -5.03. The monoisotopic (exact) mass is 393 g/mol. The minimum absolute atomic E-state index is 0.359. The van der Waals surface area contributed by atoms with Gasteiger partial charge in [-0.25, -0.2) is 13.2 Å². The van der Waals surface area contributed by atoms with Crippen molar-refractivity contribution in [3.05, 3.63) is 59.4 Å². The van der Waals surface area contributed by atoms with Crippen LogP contribution in [0.4, 0.5) is 18.9 Å². The van der Waals surface area contributed by atoms with Crippen LogP contribution in [0.2, 0.25) is 0 Å². The Bertz CT molecular complexity index is 994. The third kappa shape index (κ3) is 3.95. The van der Waals surface area contributed by atoms with Gasteiger partial charge >= 0.3 is 0 Å². The lowest BCUT2D eigenvalue weighted by Gasteiger charge is -2.13. The largest absolute Gasteiger partial charge is 0.323 e. The van der Waals surface area contributed by atoms with Gasteiger partial charge in [0.05, 0.1) is 16.6 Å². The number of aromatic nitrogens is 4. The van der Waals surface area contributed by atoms with E-state index in [0.717, 1.165) is 35.1 Å². The smallest absolute Gasteiger partial charge is 0.237 e. The molecule has 0 saturated heterocycles. The molecular formula is C17H14F3N5OS. The van der Waals surface area contributed by atoms with Crippen molar-refractivity contribution in [2.45, 2.75) is 24.3 Å². The standard InChI is InChI=1S/C17H14F3N5OS/c1-9-5-3-4-6-13(9)25-17(22-23-24-25)27-10(2)16(26)21-12-8-7-11(18)14(19)15(12)20/h3-8,10H,1-2H3,(H,21,26). The highest BCUT2D eigenvalue weighted by atomic mass is 32.2. The van der Waals surface area contributed by atoms with Gasteiger partial charge in [-0.05, 0) is 48.0 Å². The Morgan fingerprint density at radius 3 is 2.63 bits per heavy atom. The van der Waals surface area contributed by atoms with Crippen molar-refractivity contribution in [3.63, 3.8) is 0 Å². The lowest BCUT2D eigenvalue weighted by Crippen LogP contribution is -2.23. The number of tetrazole rings is 1. The third-order valence-electron chi connectivity index (χ3n) is 3.73. The molecule has 1 heterocycles. The van der Waals surface area contributed by atoms with E-state index < -0.39 is 34.3 Å². The summed E-state index contributed by atoms with van der Waals surface area (Å²) in [5, 5.41) is 13.3. The molecule has 0 radical (unpaired) electrons. The van der Waals surface area contributed by atoms with Gasteiger partial charge in [-0.1, -0.05) is 30.0 Å². The number of anilines is 1. The number of amides is 1. The van der Waals surface area contributed by atoms with Crippen molar-refractivity contribution in [1.82, 2.24) is 20.2 Å². The maximum Gasteiger partial charge on any atom is 0.237 e. The van der Waals surface area contributed by atoms with Gasteiger partial charge in [0.15, 0.2) is 17.5 Å². The number of rotatable bonds is 5. The molecule has 2 aromatic carbocycles. The minimum Gasteiger partial charge on any atom is -0.323 e. The molecule has 3 aromatic rings. The maximum absolute atomic E-state index is 13.7. The van der Waals surface area contributed by atoms with Crippen LogP contribution < -0.4 is 5.32 Å². The lowest BCUT2D eigenvalue weighted by molar-refractivity contribution is -0.115. The van der Waals surface area contributed by atoms with Gasteiger partial charge in [-0.2, -0.15) is 4.68 Å². The van der Waals surface area contributed by atoms with Crippen LogP contribution in [0.1, 0.15) is 12.5 Å². The normalized spacial score (nSPS) is 12.0. The quantitative estimate of drug-likeness (QED) is 0.531. The molecule has 27 heavy (non-hydrogen) atoms. The van der Waals surface area contributed by atoms with E-state index in [9.17, 15) is 18.0 Å². The van der Waals surface area contributed by atoms with Gasteiger partial charge in [-0.15, -0.1) is 5.10 Å². The summed E-state index contributed by atoms with van der Waals surface area (Å²) in [6.45, 7) is 3.46. The number of hydrogen-bond acceptors (Lipinski definition) is 5. The number of thioether (sulfide) groups is 1. The molecule has 0 saturated carbocycles. The highest BCUT2D eigenvalue weighted by molar-refractivity contribution is 8.00. The Labute approximate surface area is 156 Å². The van der Waals surface area contributed by atoms with E-state index in [1.54, 1.807) is 6.92 Å². The van der Waals surface area contributed by atoms with Crippen LogP contribution in [0, 0.1) is 24.4 Å². The molecule has 0 bridgehead atoms. The molecular weight excluding hydrogens is 379 g/mol. The number of carbonyl (C=O) groups is 1. The number of nitrogens with zero attached hydrogens (tertiary/aromatic N) is 4. The number of nitrogens with one attached hydrogen (secondary N) is 1. The Balaban J connectivity index is 1.76. The van der Waals surface area contributed by atoms with Gasteiger partial charge in [0.25, 0.3) is 0 Å². The first-order chi connectivity index (χ1) is 12.9. The van der Waals surface area contributed by atoms with Crippen molar-refractivity contribution >= 4 is 23.4 Å². The van der Waals surface area contributed by atoms with Crippen LogP contribution in [-0.4, -0.2) is 31.4 Å². The van der Waals surface area contributed by atoms with Gasteiger partial charge in [0.1, 0.15) is 0 Å².